The lowest BCUT2D eigenvalue weighted by atomic mass is 10.1. The van der Waals surface area contributed by atoms with Gasteiger partial charge in [-0.15, -0.1) is 11.3 Å². The van der Waals surface area contributed by atoms with Gasteiger partial charge in [0.05, 0.1) is 23.3 Å². The number of hydrogen-bond donors (Lipinski definition) is 2. The average Bonchev–Trinajstić information content (AvgIpc) is 3.54. The van der Waals surface area contributed by atoms with Crippen LogP contribution in [0.5, 0.6) is 0 Å². The SMILES string of the molecule is O=C(N[C@H]1CN(c2ncccc2C(=O)c2nccs2)C[C@H]1O)c1cnc(-c2cccc(F)c2)nc1. The Morgan fingerprint density at radius 1 is 1.06 bits per heavy atom. The Labute approximate surface area is 203 Å². The van der Waals surface area contributed by atoms with Gasteiger partial charge in [-0.25, -0.2) is 24.3 Å². The maximum Gasteiger partial charge on any atom is 0.254 e. The Balaban J connectivity index is 1.28. The zero-order valence-corrected chi connectivity index (χ0v) is 19.0. The van der Waals surface area contributed by atoms with Crippen molar-refractivity contribution in [3.05, 3.63) is 88.5 Å². The molecule has 2 N–H and O–H groups in total. The molecule has 4 aromatic rings. The molecule has 3 aromatic heterocycles. The molecule has 9 nitrogen and oxygen atoms in total. The van der Waals surface area contributed by atoms with Gasteiger partial charge in [-0.05, 0) is 24.3 Å². The van der Waals surface area contributed by atoms with E-state index >= 15 is 0 Å². The Hall–Kier alpha value is -4.09. The number of hydrogen-bond acceptors (Lipinski definition) is 9. The van der Waals surface area contributed by atoms with Crippen LogP contribution >= 0.6 is 11.3 Å². The fourth-order valence-electron chi connectivity index (χ4n) is 3.85. The molecule has 5 rings (SSSR count). The minimum atomic E-state index is -0.878. The molecule has 0 aliphatic carbocycles. The molecule has 0 saturated carbocycles. The van der Waals surface area contributed by atoms with Crippen LogP contribution in [0.3, 0.4) is 0 Å². The summed E-state index contributed by atoms with van der Waals surface area (Å²) < 4.78 is 13.4. The van der Waals surface area contributed by atoms with Crippen molar-refractivity contribution in [1.82, 2.24) is 25.3 Å². The topological polar surface area (TPSA) is 121 Å². The predicted molar refractivity (Wildman–Crippen MR) is 127 cm³/mol. The Bertz CT molecular complexity index is 1370. The Morgan fingerprint density at radius 3 is 2.63 bits per heavy atom. The monoisotopic (exact) mass is 490 g/mol. The van der Waals surface area contributed by atoms with Crippen LogP contribution in [0, 0.1) is 5.82 Å². The molecule has 1 aromatic carbocycles. The van der Waals surface area contributed by atoms with Crippen LogP contribution in [-0.2, 0) is 0 Å². The zero-order chi connectivity index (χ0) is 24.4. The van der Waals surface area contributed by atoms with Gasteiger partial charge in [0.1, 0.15) is 11.6 Å². The number of benzene rings is 1. The Morgan fingerprint density at radius 2 is 1.89 bits per heavy atom. The third-order valence-corrected chi connectivity index (χ3v) is 6.33. The van der Waals surface area contributed by atoms with E-state index in [2.05, 4.69) is 25.3 Å². The van der Waals surface area contributed by atoms with Crippen molar-refractivity contribution in [2.24, 2.45) is 0 Å². The third kappa shape index (κ3) is 4.77. The lowest BCUT2D eigenvalue weighted by molar-refractivity contribution is 0.0887. The second-order valence-electron chi connectivity index (χ2n) is 7.90. The number of ketones is 1. The summed E-state index contributed by atoms with van der Waals surface area (Å²) >= 11 is 1.24. The van der Waals surface area contributed by atoms with Gasteiger partial charge in [-0.3, -0.25) is 9.59 Å². The first-order chi connectivity index (χ1) is 17.0. The summed E-state index contributed by atoms with van der Waals surface area (Å²) in [6, 6.07) is 8.60. The number of aliphatic hydroxyl groups excluding tert-OH is 1. The average molecular weight is 491 g/mol. The molecule has 1 fully saturated rings. The third-order valence-electron chi connectivity index (χ3n) is 5.56. The minimum Gasteiger partial charge on any atom is -0.389 e. The molecule has 1 saturated heterocycles. The minimum absolute atomic E-state index is 0.190. The number of halogens is 1. The molecular formula is C24H19FN6O3S. The molecule has 1 aliphatic rings. The van der Waals surface area contributed by atoms with E-state index in [1.165, 1.54) is 35.9 Å². The van der Waals surface area contributed by atoms with Crippen LogP contribution in [0.4, 0.5) is 10.2 Å². The lowest BCUT2D eigenvalue weighted by Gasteiger charge is -2.19. The van der Waals surface area contributed by atoms with Crippen molar-refractivity contribution in [3.8, 4) is 11.4 Å². The van der Waals surface area contributed by atoms with Gasteiger partial charge in [0.2, 0.25) is 5.78 Å². The largest absolute Gasteiger partial charge is 0.389 e. The standard InChI is InChI=1S/C24H19FN6O3S/c25-16-4-1-3-14(9-16)21-28-10-15(11-29-21)23(34)30-18-12-31(13-19(18)32)22-17(5-2-6-26-22)20(33)24-27-7-8-35-24/h1-11,18-19,32H,12-13H2,(H,30,34)/t18-,19+/m0/s1. The maximum absolute atomic E-state index is 13.4. The highest BCUT2D eigenvalue weighted by Crippen LogP contribution is 2.25. The van der Waals surface area contributed by atoms with E-state index in [1.807, 2.05) is 0 Å². The number of aromatic nitrogens is 4. The van der Waals surface area contributed by atoms with Gasteiger partial charge in [0.25, 0.3) is 5.91 Å². The number of nitrogens with one attached hydrogen (secondary N) is 1. The second-order valence-corrected chi connectivity index (χ2v) is 8.79. The van der Waals surface area contributed by atoms with E-state index in [4.69, 9.17) is 0 Å². The van der Waals surface area contributed by atoms with Crippen molar-refractivity contribution in [3.63, 3.8) is 0 Å². The molecule has 0 unspecified atom stereocenters. The number of rotatable bonds is 6. The van der Waals surface area contributed by atoms with Gasteiger partial charge in [-0.2, -0.15) is 0 Å². The van der Waals surface area contributed by atoms with Crippen molar-refractivity contribution in [2.75, 3.05) is 18.0 Å². The van der Waals surface area contributed by atoms with Gasteiger partial charge < -0.3 is 15.3 Å². The molecule has 4 heterocycles. The number of anilines is 1. The summed E-state index contributed by atoms with van der Waals surface area (Å²) in [6.45, 7) is 0.444. The smallest absolute Gasteiger partial charge is 0.254 e. The zero-order valence-electron chi connectivity index (χ0n) is 18.2. The molecule has 35 heavy (non-hydrogen) atoms. The van der Waals surface area contributed by atoms with E-state index in [0.717, 1.165) is 0 Å². The summed E-state index contributed by atoms with van der Waals surface area (Å²) in [5, 5.41) is 15.5. The van der Waals surface area contributed by atoms with Gasteiger partial charge in [0, 0.05) is 48.8 Å². The van der Waals surface area contributed by atoms with Crippen molar-refractivity contribution in [2.45, 2.75) is 12.1 Å². The predicted octanol–water partition coefficient (Wildman–Crippen LogP) is 2.34. The van der Waals surface area contributed by atoms with E-state index in [1.54, 1.807) is 46.9 Å². The number of carbonyl (C=O) groups excluding carboxylic acids is 2. The number of amides is 1. The highest BCUT2D eigenvalue weighted by Gasteiger charge is 2.35. The fourth-order valence-corrected chi connectivity index (χ4v) is 4.44. The normalized spacial score (nSPS) is 17.4. The maximum atomic E-state index is 13.4. The van der Waals surface area contributed by atoms with E-state index in [9.17, 15) is 19.1 Å². The van der Waals surface area contributed by atoms with Gasteiger partial charge in [0.15, 0.2) is 10.8 Å². The molecule has 2 atom stereocenters. The first-order valence-corrected chi connectivity index (χ1v) is 11.6. The van der Waals surface area contributed by atoms with Crippen molar-refractivity contribution >= 4 is 28.8 Å². The van der Waals surface area contributed by atoms with E-state index in [0.29, 0.717) is 27.8 Å². The first kappa shape index (κ1) is 22.7. The number of aliphatic hydroxyl groups is 1. The highest BCUT2D eigenvalue weighted by molar-refractivity contribution is 7.11. The molecule has 1 aliphatic heterocycles. The molecular weight excluding hydrogens is 471 g/mol. The number of β-amino-alcohol motifs (C(OH)–C–C–N with tert-alkyl or cyclic N) is 1. The lowest BCUT2D eigenvalue weighted by Crippen LogP contribution is -2.43. The van der Waals surface area contributed by atoms with Crippen LogP contribution in [0.1, 0.15) is 25.7 Å². The molecule has 0 spiro atoms. The van der Waals surface area contributed by atoms with Crippen LogP contribution in [-0.4, -0.2) is 62.0 Å². The summed E-state index contributed by atoms with van der Waals surface area (Å²) in [7, 11) is 0. The molecule has 0 radical (unpaired) electrons. The number of pyridine rings is 1. The molecule has 1 amide bonds. The molecule has 0 bridgehead atoms. The van der Waals surface area contributed by atoms with Crippen molar-refractivity contribution in [1.29, 1.82) is 0 Å². The number of nitrogens with zero attached hydrogens (tertiary/aromatic N) is 5. The van der Waals surface area contributed by atoms with E-state index in [-0.39, 0.29) is 24.4 Å². The van der Waals surface area contributed by atoms with Crippen LogP contribution in [0.2, 0.25) is 0 Å². The Kier molecular flexibility index (Phi) is 6.25. The number of carbonyl (C=O) groups is 2. The van der Waals surface area contributed by atoms with Crippen LogP contribution in [0.25, 0.3) is 11.4 Å². The fraction of sp³-hybridized carbons (Fsp3) is 0.167. The first-order valence-electron chi connectivity index (χ1n) is 10.7. The van der Waals surface area contributed by atoms with Crippen molar-refractivity contribution < 1.29 is 19.1 Å². The summed E-state index contributed by atoms with van der Waals surface area (Å²) in [6.07, 6.45) is 4.96. The summed E-state index contributed by atoms with van der Waals surface area (Å²) in [4.78, 5) is 44.2. The molecule has 176 valence electrons. The van der Waals surface area contributed by atoms with Gasteiger partial charge in [-0.1, -0.05) is 12.1 Å². The molecule has 11 heteroatoms. The van der Waals surface area contributed by atoms with E-state index < -0.39 is 23.9 Å². The highest BCUT2D eigenvalue weighted by atomic mass is 32.1. The number of thiazole rings is 1. The van der Waals surface area contributed by atoms with Crippen LogP contribution < -0.4 is 10.2 Å². The summed E-state index contributed by atoms with van der Waals surface area (Å²) in [5.41, 5.74) is 1.08. The van der Waals surface area contributed by atoms with Gasteiger partial charge >= 0.3 is 0 Å². The second kappa shape index (κ2) is 9.65. The quantitative estimate of drug-likeness (QED) is 0.395. The van der Waals surface area contributed by atoms with Crippen LogP contribution in [0.15, 0.2) is 66.6 Å². The summed E-state index contributed by atoms with van der Waals surface area (Å²) in [5.74, 6) is -0.397.